The molecule has 1 unspecified atom stereocenters. The van der Waals surface area contributed by atoms with E-state index in [1.807, 2.05) is 0 Å². The molecule has 1 atom stereocenters. The molecule has 1 aliphatic rings. The van der Waals surface area contributed by atoms with Gasteiger partial charge in [-0.1, -0.05) is 6.92 Å². The van der Waals surface area contributed by atoms with Crippen LogP contribution in [0, 0.1) is 5.92 Å². The zero-order valence-electron chi connectivity index (χ0n) is 10.6. The third-order valence-electron chi connectivity index (χ3n) is 3.41. The molecule has 0 heterocycles. The van der Waals surface area contributed by atoms with Crippen LogP contribution in [0.5, 0.6) is 0 Å². The lowest BCUT2D eigenvalue weighted by molar-refractivity contribution is -0.145. The fraction of sp³-hybridized carbons (Fsp3) is 0.917. The fourth-order valence-corrected chi connectivity index (χ4v) is 2.11. The Morgan fingerprint density at radius 1 is 1.56 bits per heavy atom. The van der Waals surface area contributed by atoms with Crippen LogP contribution in [0.3, 0.4) is 0 Å². The normalized spacial score (nSPS) is 20.1. The van der Waals surface area contributed by atoms with Gasteiger partial charge in [-0.2, -0.15) is 0 Å². The molecule has 94 valence electrons. The minimum absolute atomic E-state index is 0.170. The maximum absolute atomic E-state index is 11.3. The smallest absolute Gasteiger partial charge is 0.325 e. The van der Waals surface area contributed by atoms with Crippen LogP contribution in [0.4, 0.5) is 0 Å². The lowest BCUT2D eigenvalue weighted by Gasteiger charge is -2.34. The van der Waals surface area contributed by atoms with Crippen LogP contribution in [-0.4, -0.2) is 40.6 Å². The maximum Gasteiger partial charge on any atom is 0.325 e. The third kappa shape index (κ3) is 2.95. The molecule has 0 radical (unpaired) electrons. The van der Waals surface area contributed by atoms with Gasteiger partial charge in [0.2, 0.25) is 0 Å². The predicted molar refractivity (Wildman–Crippen MR) is 64.3 cm³/mol. The molecule has 4 nitrogen and oxygen atoms in total. The summed E-state index contributed by atoms with van der Waals surface area (Å²) in [6.07, 6.45) is 2.94. The van der Waals surface area contributed by atoms with E-state index >= 15 is 0 Å². The van der Waals surface area contributed by atoms with Gasteiger partial charge in [0, 0.05) is 12.6 Å². The molecule has 0 saturated heterocycles. The van der Waals surface area contributed by atoms with Gasteiger partial charge in [-0.15, -0.1) is 0 Å². The van der Waals surface area contributed by atoms with Crippen molar-refractivity contribution in [2.75, 3.05) is 13.1 Å². The van der Waals surface area contributed by atoms with E-state index in [9.17, 15) is 9.90 Å². The standard InChI is InChI=1S/C12H24N2O2/c1-4-7-14(9(2)3)8-12(13,11(15)16)10-5-6-10/h9-10H,4-8,13H2,1-3H3,(H,15,16). The van der Waals surface area contributed by atoms with Crippen molar-refractivity contribution in [2.24, 2.45) is 11.7 Å². The van der Waals surface area contributed by atoms with E-state index in [0.717, 1.165) is 25.8 Å². The first-order valence-corrected chi connectivity index (χ1v) is 6.18. The maximum atomic E-state index is 11.3. The summed E-state index contributed by atoms with van der Waals surface area (Å²) in [6.45, 7) is 7.66. The van der Waals surface area contributed by atoms with Crippen molar-refractivity contribution >= 4 is 5.97 Å². The second kappa shape index (κ2) is 5.15. The van der Waals surface area contributed by atoms with Gasteiger partial charge in [0.1, 0.15) is 5.54 Å². The number of aliphatic carboxylic acids is 1. The molecule has 0 aromatic carbocycles. The molecule has 0 aromatic heterocycles. The summed E-state index contributed by atoms with van der Waals surface area (Å²) < 4.78 is 0. The number of nitrogens with two attached hydrogens (primary N) is 1. The zero-order valence-corrected chi connectivity index (χ0v) is 10.6. The van der Waals surface area contributed by atoms with Crippen molar-refractivity contribution in [3.05, 3.63) is 0 Å². The second-order valence-corrected chi connectivity index (χ2v) is 5.18. The largest absolute Gasteiger partial charge is 0.480 e. The number of hydrogen-bond acceptors (Lipinski definition) is 3. The summed E-state index contributed by atoms with van der Waals surface area (Å²) >= 11 is 0. The molecular formula is C12H24N2O2. The van der Waals surface area contributed by atoms with Crippen LogP contribution in [-0.2, 0) is 4.79 Å². The van der Waals surface area contributed by atoms with Gasteiger partial charge in [0.15, 0.2) is 0 Å². The lowest BCUT2D eigenvalue weighted by atomic mass is 9.93. The third-order valence-corrected chi connectivity index (χ3v) is 3.41. The van der Waals surface area contributed by atoms with Gasteiger partial charge in [0.05, 0.1) is 0 Å². The molecule has 0 amide bonds. The highest BCUT2D eigenvalue weighted by atomic mass is 16.4. The van der Waals surface area contributed by atoms with Gasteiger partial charge < -0.3 is 10.8 Å². The summed E-state index contributed by atoms with van der Waals surface area (Å²) in [7, 11) is 0. The van der Waals surface area contributed by atoms with Crippen molar-refractivity contribution < 1.29 is 9.90 Å². The van der Waals surface area contributed by atoms with Crippen LogP contribution in [0.2, 0.25) is 0 Å². The Kier molecular flexibility index (Phi) is 4.33. The van der Waals surface area contributed by atoms with Crippen molar-refractivity contribution in [3.8, 4) is 0 Å². The quantitative estimate of drug-likeness (QED) is 0.689. The lowest BCUT2D eigenvalue weighted by Crippen LogP contribution is -2.59. The molecular weight excluding hydrogens is 204 g/mol. The van der Waals surface area contributed by atoms with Crippen LogP contribution in [0.1, 0.15) is 40.0 Å². The zero-order chi connectivity index (χ0) is 12.3. The van der Waals surface area contributed by atoms with E-state index in [4.69, 9.17) is 5.73 Å². The number of rotatable bonds is 7. The first kappa shape index (κ1) is 13.5. The molecule has 16 heavy (non-hydrogen) atoms. The van der Waals surface area contributed by atoms with Crippen molar-refractivity contribution in [3.63, 3.8) is 0 Å². The van der Waals surface area contributed by atoms with E-state index in [0.29, 0.717) is 12.6 Å². The Morgan fingerprint density at radius 3 is 2.44 bits per heavy atom. The van der Waals surface area contributed by atoms with E-state index in [-0.39, 0.29) is 5.92 Å². The Balaban J connectivity index is 2.68. The van der Waals surface area contributed by atoms with Gasteiger partial charge >= 0.3 is 5.97 Å². The molecule has 0 aliphatic heterocycles. The highest BCUT2D eigenvalue weighted by Gasteiger charge is 2.49. The predicted octanol–water partition coefficient (Wildman–Crippen LogP) is 1.30. The van der Waals surface area contributed by atoms with E-state index in [2.05, 4.69) is 25.7 Å². The number of carboxylic acids is 1. The first-order valence-electron chi connectivity index (χ1n) is 6.18. The van der Waals surface area contributed by atoms with Gasteiger partial charge in [-0.25, -0.2) is 0 Å². The summed E-state index contributed by atoms with van der Waals surface area (Å²) in [5.41, 5.74) is 5.03. The van der Waals surface area contributed by atoms with E-state index in [1.54, 1.807) is 0 Å². The minimum atomic E-state index is -1.04. The molecule has 1 fully saturated rings. The summed E-state index contributed by atoms with van der Waals surface area (Å²) in [5.74, 6) is -0.681. The molecule has 1 saturated carbocycles. The highest BCUT2D eigenvalue weighted by Crippen LogP contribution is 2.39. The number of hydrogen-bond donors (Lipinski definition) is 2. The molecule has 4 heteroatoms. The van der Waals surface area contributed by atoms with Gasteiger partial charge in [-0.05, 0) is 45.6 Å². The Labute approximate surface area is 97.8 Å². The van der Waals surface area contributed by atoms with Gasteiger partial charge in [0.25, 0.3) is 0 Å². The van der Waals surface area contributed by atoms with Gasteiger partial charge in [-0.3, -0.25) is 9.69 Å². The number of carbonyl (C=O) groups is 1. The monoisotopic (exact) mass is 228 g/mol. The SMILES string of the molecule is CCCN(CC(N)(C(=O)O)C1CC1)C(C)C. The first-order chi connectivity index (χ1) is 7.41. The molecule has 3 N–H and O–H groups in total. The Morgan fingerprint density at radius 2 is 2.12 bits per heavy atom. The minimum Gasteiger partial charge on any atom is -0.480 e. The number of carboxylic acid groups (broad SMARTS) is 1. The topological polar surface area (TPSA) is 66.6 Å². The second-order valence-electron chi connectivity index (χ2n) is 5.18. The summed E-state index contributed by atoms with van der Waals surface area (Å²) in [4.78, 5) is 13.5. The average molecular weight is 228 g/mol. The van der Waals surface area contributed by atoms with Crippen LogP contribution < -0.4 is 5.73 Å². The molecule has 0 aromatic rings. The molecule has 1 aliphatic carbocycles. The molecule has 0 spiro atoms. The fourth-order valence-electron chi connectivity index (χ4n) is 2.11. The van der Waals surface area contributed by atoms with Crippen molar-refractivity contribution in [1.29, 1.82) is 0 Å². The van der Waals surface area contributed by atoms with Crippen LogP contribution in [0.25, 0.3) is 0 Å². The highest BCUT2D eigenvalue weighted by molar-refractivity contribution is 5.79. The number of nitrogens with zero attached hydrogens (tertiary/aromatic N) is 1. The molecule has 0 bridgehead atoms. The van der Waals surface area contributed by atoms with Crippen LogP contribution in [0.15, 0.2) is 0 Å². The Hall–Kier alpha value is -0.610. The van der Waals surface area contributed by atoms with Crippen molar-refractivity contribution in [1.82, 2.24) is 4.90 Å². The van der Waals surface area contributed by atoms with Crippen molar-refractivity contribution in [2.45, 2.75) is 51.6 Å². The van der Waals surface area contributed by atoms with E-state index < -0.39 is 11.5 Å². The van der Waals surface area contributed by atoms with Crippen LogP contribution >= 0.6 is 0 Å². The summed E-state index contributed by atoms with van der Waals surface area (Å²) in [6, 6.07) is 0.348. The van der Waals surface area contributed by atoms with E-state index in [1.165, 1.54) is 0 Å². The molecule has 1 rings (SSSR count). The Bertz CT molecular complexity index is 251. The average Bonchev–Trinajstić information content (AvgIpc) is 2.99. The summed E-state index contributed by atoms with van der Waals surface area (Å²) in [5, 5.41) is 9.29.